The molecule has 0 saturated heterocycles. The van der Waals surface area contributed by atoms with Gasteiger partial charge in [-0.3, -0.25) is 14.9 Å². The van der Waals surface area contributed by atoms with Crippen molar-refractivity contribution in [2.45, 2.75) is 13.3 Å². The number of carbonyl (C=O) groups excluding carboxylic acids is 1. The van der Waals surface area contributed by atoms with Crippen molar-refractivity contribution in [2.75, 3.05) is 6.54 Å². The van der Waals surface area contributed by atoms with Gasteiger partial charge in [0.15, 0.2) is 0 Å². The van der Waals surface area contributed by atoms with E-state index in [0.717, 1.165) is 5.56 Å². The molecule has 0 spiro atoms. The summed E-state index contributed by atoms with van der Waals surface area (Å²) < 4.78 is 0. The number of nitrogens with zero attached hydrogens (tertiary/aromatic N) is 1. The molecule has 2 aromatic rings. The Morgan fingerprint density at radius 1 is 1.23 bits per heavy atom. The van der Waals surface area contributed by atoms with Crippen LogP contribution in [-0.4, -0.2) is 17.4 Å². The normalized spacial score (nSPS) is 10.3. The second-order valence-electron chi connectivity index (χ2n) is 4.84. The topological polar surface area (TPSA) is 72.2 Å². The number of halogens is 1. The highest BCUT2D eigenvalue weighted by Crippen LogP contribution is 2.20. The van der Waals surface area contributed by atoms with Gasteiger partial charge in [0.25, 0.3) is 11.6 Å². The molecular weight excluding hydrogens is 304 g/mol. The maximum Gasteiger partial charge on any atom is 0.273 e. The van der Waals surface area contributed by atoms with Gasteiger partial charge in [0.05, 0.1) is 4.92 Å². The molecule has 2 aromatic carbocycles. The molecule has 1 N–H and O–H groups in total. The zero-order valence-electron chi connectivity index (χ0n) is 12.0. The Hall–Kier alpha value is -2.40. The largest absolute Gasteiger partial charge is 0.352 e. The van der Waals surface area contributed by atoms with Gasteiger partial charge in [0, 0.05) is 28.8 Å². The van der Waals surface area contributed by atoms with Crippen LogP contribution in [0.2, 0.25) is 5.02 Å². The summed E-state index contributed by atoms with van der Waals surface area (Å²) in [6.07, 6.45) is 0.664. The lowest BCUT2D eigenvalue weighted by atomic mass is 10.1. The number of hydrogen-bond acceptors (Lipinski definition) is 3. The molecule has 1 amide bonds. The van der Waals surface area contributed by atoms with Crippen LogP contribution in [0.3, 0.4) is 0 Å². The minimum Gasteiger partial charge on any atom is -0.352 e. The van der Waals surface area contributed by atoms with E-state index < -0.39 is 4.92 Å². The molecule has 0 aliphatic heterocycles. The molecule has 114 valence electrons. The highest BCUT2D eigenvalue weighted by atomic mass is 35.5. The SMILES string of the molecule is Cc1c(C(=O)NCCc2ccc(Cl)cc2)cccc1[N+](=O)[O-]. The highest BCUT2D eigenvalue weighted by Gasteiger charge is 2.17. The first-order valence-electron chi connectivity index (χ1n) is 6.75. The third kappa shape index (κ3) is 3.83. The van der Waals surface area contributed by atoms with E-state index in [2.05, 4.69) is 5.32 Å². The lowest BCUT2D eigenvalue weighted by Crippen LogP contribution is -2.26. The zero-order chi connectivity index (χ0) is 16.1. The van der Waals surface area contributed by atoms with Crippen molar-refractivity contribution >= 4 is 23.2 Å². The molecule has 0 radical (unpaired) electrons. The van der Waals surface area contributed by atoms with E-state index >= 15 is 0 Å². The molecule has 22 heavy (non-hydrogen) atoms. The van der Waals surface area contributed by atoms with Gasteiger partial charge in [-0.15, -0.1) is 0 Å². The van der Waals surface area contributed by atoms with Crippen LogP contribution in [0.1, 0.15) is 21.5 Å². The first-order chi connectivity index (χ1) is 10.5. The van der Waals surface area contributed by atoms with Gasteiger partial charge >= 0.3 is 0 Å². The average Bonchev–Trinajstić information content (AvgIpc) is 2.49. The van der Waals surface area contributed by atoms with Crippen LogP contribution < -0.4 is 5.32 Å². The summed E-state index contributed by atoms with van der Waals surface area (Å²) in [4.78, 5) is 22.5. The molecule has 0 heterocycles. The van der Waals surface area contributed by atoms with Crippen LogP contribution in [0, 0.1) is 17.0 Å². The molecule has 0 aromatic heterocycles. The summed E-state index contributed by atoms with van der Waals surface area (Å²) in [5.41, 5.74) is 1.70. The second-order valence-corrected chi connectivity index (χ2v) is 5.28. The number of benzene rings is 2. The molecule has 2 rings (SSSR count). The number of carbonyl (C=O) groups is 1. The van der Waals surface area contributed by atoms with Crippen molar-refractivity contribution in [1.82, 2.24) is 5.32 Å². The third-order valence-corrected chi connectivity index (χ3v) is 3.61. The van der Waals surface area contributed by atoms with Gasteiger partial charge in [-0.05, 0) is 37.1 Å². The Bertz CT molecular complexity index is 699. The summed E-state index contributed by atoms with van der Waals surface area (Å²) in [6, 6.07) is 11.9. The van der Waals surface area contributed by atoms with Crippen LogP contribution >= 0.6 is 11.6 Å². The van der Waals surface area contributed by atoms with E-state index in [1.165, 1.54) is 12.1 Å². The smallest absolute Gasteiger partial charge is 0.273 e. The minimum atomic E-state index is -0.486. The molecular formula is C16H15ClN2O3. The van der Waals surface area contributed by atoms with Crippen molar-refractivity contribution in [2.24, 2.45) is 0 Å². The number of amides is 1. The maximum atomic E-state index is 12.1. The summed E-state index contributed by atoms with van der Waals surface area (Å²) >= 11 is 5.81. The fraction of sp³-hybridized carbons (Fsp3) is 0.188. The molecule has 6 heteroatoms. The predicted molar refractivity (Wildman–Crippen MR) is 85.3 cm³/mol. The maximum absolute atomic E-state index is 12.1. The Labute approximate surface area is 133 Å². The molecule has 0 bridgehead atoms. The molecule has 0 atom stereocenters. The predicted octanol–water partition coefficient (Wildman–Crippen LogP) is 3.53. The van der Waals surface area contributed by atoms with Crippen LogP contribution in [0.5, 0.6) is 0 Å². The zero-order valence-corrected chi connectivity index (χ0v) is 12.8. The van der Waals surface area contributed by atoms with Crippen LogP contribution in [0.25, 0.3) is 0 Å². The number of nitro benzene ring substituents is 1. The van der Waals surface area contributed by atoms with Crippen LogP contribution in [0.15, 0.2) is 42.5 Å². The monoisotopic (exact) mass is 318 g/mol. The van der Waals surface area contributed by atoms with Crippen molar-refractivity contribution in [3.63, 3.8) is 0 Å². The summed E-state index contributed by atoms with van der Waals surface area (Å²) in [5.74, 6) is -0.310. The van der Waals surface area contributed by atoms with E-state index in [1.54, 1.807) is 25.1 Å². The molecule has 0 fully saturated rings. The first-order valence-corrected chi connectivity index (χ1v) is 7.13. The van der Waals surface area contributed by atoms with Crippen molar-refractivity contribution in [1.29, 1.82) is 0 Å². The number of nitro groups is 1. The molecule has 5 nitrogen and oxygen atoms in total. The number of rotatable bonds is 5. The molecule has 0 aliphatic rings. The van der Waals surface area contributed by atoms with Gasteiger partial charge < -0.3 is 5.32 Å². The van der Waals surface area contributed by atoms with E-state index in [9.17, 15) is 14.9 Å². The summed E-state index contributed by atoms with van der Waals surface area (Å²) in [7, 11) is 0. The summed E-state index contributed by atoms with van der Waals surface area (Å²) in [6.45, 7) is 2.02. The van der Waals surface area contributed by atoms with Crippen molar-refractivity contribution in [3.05, 3.63) is 74.3 Å². The van der Waals surface area contributed by atoms with Gasteiger partial charge in [0.2, 0.25) is 0 Å². The molecule has 0 saturated carbocycles. The standard InChI is InChI=1S/C16H15ClN2O3/c1-11-14(3-2-4-15(11)19(21)22)16(20)18-10-9-12-5-7-13(17)8-6-12/h2-8H,9-10H2,1H3,(H,18,20). The Morgan fingerprint density at radius 2 is 1.91 bits per heavy atom. The lowest BCUT2D eigenvalue weighted by Gasteiger charge is -2.08. The summed E-state index contributed by atoms with van der Waals surface area (Å²) in [5, 5.41) is 14.3. The van der Waals surface area contributed by atoms with Crippen molar-refractivity contribution in [3.8, 4) is 0 Å². The van der Waals surface area contributed by atoms with Crippen molar-refractivity contribution < 1.29 is 9.72 Å². The lowest BCUT2D eigenvalue weighted by molar-refractivity contribution is -0.385. The fourth-order valence-electron chi connectivity index (χ4n) is 2.13. The minimum absolute atomic E-state index is 0.0506. The number of hydrogen-bond donors (Lipinski definition) is 1. The van der Waals surface area contributed by atoms with E-state index in [1.807, 2.05) is 12.1 Å². The average molecular weight is 319 g/mol. The Morgan fingerprint density at radius 3 is 2.55 bits per heavy atom. The second kappa shape index (κ2) is 7.04. The van der Waals surface area contributed by atoms with E-state index in [4.69, 9.17) is 11.6 Å². The molecule has 0 unspecified atom stereocenters. The van der Waals surface area contributed by atoms with Gasteiger partial charge in [-0.1, -0.05) is 29.8 Å². The first kappa shape index (κ1) is 16.0. The van der Waals surface area contributed by atoms with Crippen LogP contribution in [0.4, 0.5) is 5.69 Å². The third-order valence-electron chi connectivity index (χ3n) is 3.36. The quantitative estimate of drug-likeness (QED) is 0.677. The Kier molecular flexibility index (Phi) is 5.12. The Balaban J connectivity index is 1.99. The van der Waals surface area contributed by atoms with E-state index in [0.29, 0.717) is 29.1 Å². The molecule has 0 aliphatic carbocycles. The van der Waals surface area contributed by atoms with Gasteiger partial charge in [-0.2, -0.15) is 0 Å². The highest BCUT2D eigenvalue weighted by molar-refractivity contribution is 6.30. The fourth-order valence-corrected chi connectivity index (χ4v) is 2.26. The number of nitrogens with one attached hydrogen (secondary N) is 1. The van der Waals surface area contributed by atoms with Gasteiger partial charge in [0.1, 0.15) is 0 Å². The van der Waals surface area contributed by atoms with E-state index in [-0.39, 0.29) is 11.6 Å². The van der Waals surface area contributed by atoms with Gasteiger partial charge in [-0.25, -0.2) is 0 Å². The van der Waals surface area contributed by atoms with Crippen LogP contribution in [-0.2, 0) is 6.42 Å².